The zero-order chi connectivity index (χ0) is 23.1. The van der Waals surface area contributed by atoms with Gasteiger partial charge in [-0.2, -0.15) is 5.06 Å². The number of hydrogen-bond donors (Lipinski definition) is 0. The highest BCUT2D eigenvalue weighted by atomic mass is 16.8. The van der Waals surface area contributed by atoms with Crippen molar-refractivity contribution >= 4 is 0 Å². The third-order valence-corrected chi connectivity index (χ3v) is 7.98. The van der Waals surface area contributed by atoms with Crippen LogP contribution >= 0.6 is 0 Å². The second-order valence-corrected chi connectivity index (χ2v) is 10.2. The molecule has 0 amide bonds. The maximum absolute atomic E-state index is 6.78. The smallest absolute Gasteiger partial charge is 0.175 e. The van der Waals surface area contributed by atoms with Crippen molar-refractivity contribution in [1.82, 2.24) is 5.06 Å². The topological polar surface area (TPSA) is 52.7 Å². The molecule has 1 radical (unpaired) electrons. The summed E-state index contributed by atoms with van der Waals surface area (Å²) < 4.78 is 23.7. The Morgan fingerprint density at radius 1 is 1.16 bits per heavy atom. The van der Waals surface area contributed by atoms with Crippen molar-refractivity contribution in [2.75, 3.05) is 19.8 Å². The largest absolute Gasteiger partial charge is 0.491 e. The van der Waals surface area contributed by atoms with Gasteiger partial charge in [0.2, 0.25) is 0 Å². The molecule has 3 aliphatic heterocycles. The minimum absolute atomic E-state index is 0.0974. The number of ether oxygens (including phenoxy) is 4. The van der Waals surface area contributed by atoms with Crippen LogP contribution in [0.3, 0.4) is 0 Å². The van der Waals surface area contributed by atoms with E-state index in [4.69, 9.17) is 23.8 Å². The lowest BCUT2D eigenvalue weighted by Crippen LogP contribution is -2.71. The molecule has 0 aromatic heterocycles. The summed E-state index contributed by atoms with van der Waals surface area (Å²) in [7, 11) is 0. The summed E-state index contributed by atoms with van der Waals surface area (Å²) in [4.78, 5) is 6.78. The van der Waals surface area contributed by atoms with Gasteiger partial charge in [0, 0.05) is 17.9 Å². The average Bonchev–Trinajstić information content (AvgIpc) is 3.55. The number of nitrogens with zero attached hydrogens (tertiary/aromatic N) is 1. The standard InChI is InChI=1S/C26H40NO5/c1-8-24(6)17-26(30-14-18(3)31-26)20(5)25(7,9-2)27(24)32-19(4)21-10-12-22(13-11-21)28-15-23-16-29-23/h10-13,18-20,23H,3,8-9,14-17H2,1-2,4-7H3. The van der Waals surface area contributed by atoms with Crippen molar-refractivity contribution < 1.29 is 23.8 Å². The molecule has 1 aromatic rings. The van der Waals surface area contributed by atoms with Crippen LogP contribution in [0.1, 0.15) is 72.5 Å². The van der Waals surface area contributed by atoms with Gasteiger partial charge in [-0.15, -0.1) is 0 Å². The summed E-state index contributed by atoms with van der Waals surface area (Å²) in [6.45, 7) is 19.4. The van der Waals surface area contributed by atoms with Crippen LogP contribution in [0, 0.1) is 12.8 Å². The molecule has 0 saturated carbocycles. The van der Waals surface area contributed by atoms with E-state index in [0.29, 0.717) is 13.2 Å². The molecule has 32 heavy (non-hydrogen) atoms. The number of hydrogen-bond acceptors (Lipinski definition) is 6. The van der Waals surface area contributed by atoms with Crippen molar-refractivity contribution in [2.45, 2.75) is 96.0 Å². The summed E-state index contributed by atoms with van der Waals surface area (Å²) in [6, 6.07) is 8.20. The lowest BCUT2D eigenvalue weighted by Gasteiger charge is -2.62. The lowest BCUT2D eigenvalue weighted by molar-refractivity contribution is -0.379. The van der Waals surface area contributed by atoms with Crippen molar-refractivity contribution in [1.29, 1.82) is 0 Å². The van der Waals surface area contributed by atoms with Gasteiger partial charge in [-0.1, -0.05) is 32.9 Å². The zero-order valence-electron chi connectivity index (χ0n) is 20.6. The van der Waals surface area contributed by atoms with Gasteiger partial charge in [0.25, 0.3) is 0 Å². The summed E-state index contributed by atoms with van der Waals surface area (Å²) in [5, 5.41) is 2.26. The van der Waals surface area contributed by atoms with E-state index in [1.54, 1.807) is 0 Å². The first-order valence-corrected chi connectivity index (χ1v) is 12.1. The van der Waals surface area contributed by atoms with Crippen LogP contribution in [-0.4, -0.2) is 54.0 Å². The van der Waals surface area contributed by atoms with Gasteiger partial charge in [0.05, 0.1) is 24.9 Å². The van der Waals surface area contributed by atoms with Crippen molar-refractivity contribution in [2.24, 2.45) is 5.92 Å². The first-order valence-electron chi connectivity index (χ1n) is 12.1. The van der Waals surface area contributed by atoms with E-state index in [1.807, 2.05) is 12.1 Å². The fraction of sp³-hybridized carbons (Fsp3) is 0.731. The Balaban J connectivity index is 1.53. The minimum Gasteiger partial charge on any atom is -0.491 e. The molecular formula is C26H40NO5. The lowest BCUT2D eigenvalue weighted by atomic mass is 9.67. The third kappa shape index (κ3) is 4.32. The van der Waals surface area contributed by atoms with E-state index in [9.17, 15) is 0 Å². The Bertz CT molecular complexity index is 783. The van der Waals surface area contributed by atoms with Crippen LogP contribution < -0.4 is 4.74 Å². The summed E-state index contributed by atoms with van der Waals surface area (Å²) >= 11 is 0. The Hall–Kier alpha value is -1.18. The number of rotatable bonds is 8. The quantitative estimate of drug-likeness (QED) is 0.519. The number of piperidine rings is 1. The minimum atomic E-state index is -0.616. The van der Waals surface area contributed by atoms with Crippen LogP contribution in [0.2, 0.25) is 0 Å². The van der Waals surface area contributed by atoms with Gasteiger partial charge in [0.15, 0.2) is 5.79 Å². The fourth-order valence-electron chi connectivity index (χ4n) is 5.30. The van der Waals surface area contributed by atoms with Crippen LogP contribution in [0.5, 0.6) is 5.75 Å². The van der Waals surface area contributed by atoms with Crippen LogP contribution in [0.4, 0.5) is 0 Å². The highest BCUT2D eigenvalue weighted by Crippen LogP contribution is 2.54. The molecule has 3 saturated heterocycles. The van der Waals surface area contributed by atoms with Gasteiger partial charge in [-0.3, -0.25) is 4.84 Å². The summed E-state index contributed by atoms with van der Waals surface area (Å²) in [6.07, 6.45) is 2.63. The van der Waals surface area contributed by atoms with E-state index >= 15 is 0 Å². The van der Waals surface area contributed by atoms with E-state index in [1.165, 1.54) is 0 Å². The summed E-state index contributed by atoms with van der Waals surface area (Å²) in [5.74, 6) is 0.369. The van der Waals surface area contributed by atoms with Crippen LogP contribution in [0.15, 0.2) is 24.3 Å². The van der Waals surface area contributed by atoms with Gasteiger partial charge < -0.3 is 18.9 Å². The third-order valence-electron chi connectivity index (χ3n) is 7.98. The second-order valence-electron chi connectivity index (χ2n) is 10.2. The molecular weight excluding hydrogens is 406 g/mol. The number of epoxide rings is 1. The Morgan fingerprint density at radius 2 is 1.84 bits per heavy atom. The normalized spacial score (nSPS) is 40.5. The Labute approximate surface area is 193 Å². The van der Waals surface area contributed by atoms with E-state index < -0.39 is 5.79 Å². The maximum atomic E-state index is 6.78. The molecule has 3 fully saturated rings. The molecule has 0 bridgehead atoms. The Morgan fingerprint density at radius 3 is 2.38 bits per heavy atom. The average molecular weight is 447 g/mol. The molecule has 4 rings (SSSR count). The van der Waals surface area contributed by atoms with E-state index in [-0.39, 0.29) is 35.3 Å². The molecule has 6 nitrogen and oxygen atoms in total. The van der Waals surface area contributed by atoms with Gasteiger partial charge >= 0.3 is 0 Å². The van der Waals surface area contributed by atoms with Crippen molar-refractivity contribution in [3.63, 3.8) is 0 Å². The zero-order valence-corrected chi connectivity index (χ0v) is 20.6. The SMILES string of the molecule is [CH2]C1COC2(CC(C)(CC)N(OC(C)c3ccc(OCC4CO4)cc3)C(C)(CC)C2C)O1. The highest BCUT2D eigenvalue weighted by molar-refractivity contribution is 5.28. The molecule has 3 aliphatic rings. The van der Waals surface area contributed by atoms with Gasteiger partial charge in [0.1, 0.15) is 24.6 Å². The van der Waals surface area contributed by atoms with Crippen molar-refractivity contribution in [3.05, 3.63) is 36.8 Å². The molecule has 6 heteroatoms. The highest BCUT2D eigenvalue weighted by Gasteiger charge is 2.63. The van der Waals surface area contributed by atoms with Crippen LogP contribution in [0.25, 0.3) is 0 Å². The Kier molecular flexibility index (Phi) is 6.65. The monoisotopic (exact) mass is 446 g/mol. The molecule has 1 spiro atoms. The molecule has 7 atom stereocenters. The second kappa shape index (κ2) is 8.88. The fourth-order valence-corrected chi connectivity index (χ4v) is 5.30. The first-order chi connectivity index (χ1) is 15.2. The van der Waals surface area contributed by atoms with Crippen LogP contribution in [-0.2, 0) is 19.0 Å². The molecule has 0 aliphatic carbocycles. The predicted molar refractivity (Wildman–Crippen MR) is 123 cm³/mol. The maximum Gasteiger partial charge on any atom is 0.175 e. The molecule has 7 unspecified atom stereocenters. The molecule has 179 valence electrons. The van der Waals surface area contributed by atoms with Gasteiger partial charge in [-0.25, -0.2) is 0 Å². The van der Waals surface area contributed by atoms with E-state index in [2.05, 4.69) is 65.7 Å². The predicted octanol–water partition coefficient (Wildman–Crippen LogP) is 5.08. The number of hydroxylamine groups is 2. The summed E-state index contributed by atoms with van der Waals surface area (Å²) in [5.41, 5.74) is 0.633. The van der Waals surface area contributed by atoms with Crippen molar-refractivity contribution in [3.8, 4) is 5.75 Å². The number of benzene rings is 1. The molecule has 3 heterocycles. The van der Waals surface area contributed by atoms with Gasteiger partial charge in [-0.05, 0) is 58.2 Å². The molecule has 0 N–H and O–H groups in total. The van der Waals surface area contributed by atoms with E-state index in [0.717, 1.165) is 37.2 Å². The first kappa shape index (κ1) is 24.0. The molecule has 1 aromatic carbocycles.